The zero-order valence-electron chi connectivity index (χ0n) is 11.6. The summed E-state index contributed by atoms with van der Waals surface area (Å²) in [7, 11) is 0. The van der Waals surface area contributed by atoms with Gasteiger partial charge in [0, 0.05) is 11.6 Å². The van der Waals surface area contributed by atoms with Crippen LogP contribution in [0.2, 0.25) is 0 Å². The Morgan fingerprint density at radius 2 is 2.05 bits per heavy atom. The number of benzene rings is 1. The molecule has 0 saturated heterocycles. The molecule has 0 aliphatic carbocycles. The van der Waals surface area contributed by atoms with Gasteiger partial charge in [0.1, 0.15) is 11.6 Å². The van der Waals surface area contributed by atoms with Crippen LogP contribution in [-0.4, -0.2) is 24.6 Å². The molecule has 0 bridgehead atoms. The van der Waals surface area contributed by atoms with E-state index in [1.54, 1.807) is 6.07 Å². The van der Waals surface area contributed by atoms with Crippen molar-refractivity contribution in [2.75, 3.05) is 13.2 Å². The summed E-state index contributed by atoms with van der Waals surface area (Å²) in [5.74, 6) is -0.290. The molecule has 0 radical (unpaired) electrons. The summed E-state index contributed by atoms with van der Waals surface area (Å²) in [5.41, 5.74) is 5.87. The molecule has 4 nitrogen and oxygen atoms in total. The maximum absolute atomic E-state index is 13.3. The van der Waals surface area contributed by atoms with Crippen molar-refractivity contribution in [3.05, 3.63) is 29.6 Å². The van der Waals surface area contributed by atoms with E-state index in [4.69, 9.17) is 10.5 Å². The Morgan fingerprint density at radius 3 is 2.63 bits per heavy atom. The average molecular weight is 268 g/mol. The van der Waals surface area contributed by atoms with Crippen molar-refractivity contribution < 1.29 is 13.9 Å². The summed E-state index contributed by atoms with van der Waals surface area (Å²) < 4.78 is 18.6. The van der Waals surface area contributed by atoms with E-state index in [0.717, 1.165) is 5.56 Å². The molecule has 1 aromatic carbocycles. The molecule has 0 unspecified atom stereocenters. The van der Waals surface area contributed by atoms with Crippen LogP contribution in [0.5, 0.6) is 5.75 Å². The molecule has 0 fully saturated rings. The predicted molar refractivity (Wildman–Crippen MR) is 72.5 cm³/mol. The van der Waals surface area contributed by atoms with Crippen LogP contribution < -0.4 is 15.8 Å². The van der Waals surface area contributed by atoms with Crippen LogP contribution in [0.3, 0.4) is 0 Å². The summed E-state index contributed by atoms with van der Waals surface area (Å²) in [6, 6.07) is 4.36. The van der Waals surface area contributed by atoms with Crippen LogP contribution in [0.25, 0.3) is 0 Å². The lowest BCUT2D eigenvalue weighted by molar-refractivity contribution is -0.124. The summed E-state index contributed by atoms with van der Waals surface area (Å²) in [6.45, 7) is 5.95. The number of carbonyl (C=O) groups excluding carboxylic acids is 1. The Labute approximate surface area is 113 Å². The Kier molecular flexibility index (Phi) is 5.30. The molecule has 0 heterocycles. The highest BCUT2D eigenvalue weighted by molar-refractivity contribution is 5.78. The van der Waals surface area contributed by atoms with Gasteiger partial charge in [-0.2, -0.15) is 0 Å². The molecule has 0 aromatic heterocycles. The topological polar surface area (TPSA) is 64.3 Å². The fourth-order valence-corrected chi connectivity index (χ4v) is 1.62. The number of amides is 1. The normalized spacial score (nSPS) is 11.2. The minimum atomic E-state index is -0.392. The second-order valence-electron chi connectivity index (χ2n) is 5.42. The zero-order valence-corrected chi connectivity index (χ0v) is 11.6. The number of halogens is 1. The van der Waals surface area contributed by atoms with Crippen molar-refractivity contribution in [3.8, 4) is 5.75 Å². The molecule has 5 heteroatoms. The largest absolute Gasteiger partial charge is 0.484 e. The molecule has 0 aliphatic rings. The Balaban J connectivity index is 2.60. The van der Waals surface area contributed by atoms with Gasteiger partial charge in [0.05, 0.1) is 0 Å². The number of hydrogen-bond donors (Lipinski definition) is 2. The summed E-state index contributed by atoms with van der Waals surface area (Å²) >= 11 is 0. The van der Waals surface area contributed by atoms with Crippen molar-refractivity contribution >= 4 is 5.91 Å². The maximum Gasteiger partial charge on any atom is 0.258 e. The fraction of sp³-hybridized carbons (Fsp3) is 0.500. The van der Waals surface area contributed by atoms with Crippen LogP contribution in [0, 0.1) is 5.82 Å². The van der Waals surface area contributed by atoms with Gasteiger partial charge in [0.25, 0.3) is 5.91 Å². The fourth-order valence-electron chi connectivity index (χ4n) is 1.62. The van der Waals surface area contributed by atoms with Crippen LogP contribution >= 0.6 is 0 Å². The first kappa shape index (κ1) is 15.4. The van der Waals surface area contributed by atoms with Gasteiger partial charge in [-0.25, -0.2) is 4.39 Å². The van der Waals surface area contributed by atoms with Crippen LogP contribution in [-0.2, 0) is 11.2 Å². The van der Waals surface area contributed by atoms with Gasteiger partial charge >= 0.3 is 0 Å². The molecule has 19 heavy (non-hydrogen) atoms. The predicted octanol–water partition coefficient (Wildman–Crippen LogP) is 1.62. The first-order chi connectivity index (χ1) is 8.80. The van der Waals surface area contributed by atoms with Crippen molar-refractivity contribution in [2.45, 2.75) is 32.7 Å². The van der Waals surface area contributed by atoms with Gasteiger partial charge in [-0.15, -0.1) is 0 Å². The number of hydrogen-bond acceptors (Lipinski definition) is 3. The summed E-state index contributed by atoms with van der Waals surface area (Å²) in [4.78, 5) is 11.6. The van der Waals surface area contributed by atoms with Crippen molar-refractivity contribution in [3.63, 3.8) is 0 Å². The molecule has 0 atom stereocenters. The third kappa shape index (κ3) is 6.20. The molecule has 106 valence electrons. The molecular formula is C14H21FN2O2. The zero-order chi connectivity index (χ0) is 14.5. The second-order valence-corrected chi connectivity index (χ2v) is 5.42. The lowest BCUT2D eigenvalue weighted by Gasteiger charge is -2.20. The Hall–Kier alpha value is -1.62. The number of nitrogens with two attached hydrogens (primary N) is 1. The smallest absolute Gasteiger partial charge is 0.258 e. The van der Waals surface area contributed by atoms with Crippen LogP contribution in [0.1, 0.15) is 26.3 Å². The molecule has 0 spiro atoms. The van der Waals surface area contributed by atoms with E-state index < -0.39 is 5.82 Å². The summed E-state index contributed by atoms with van der Waals surface area (Å²) in [5, 5.41) is 2.77. The highest BCUT2D eigenvalue weighted by atomic mass is 19.1. The average Bonchev–Trinajstić information content (AvgIpc) is 2.24. The lowest BCUT2D eigenvalue weighted by atomic mass is 10.1. The van der Waals surface area contributed by atoms with E-state index in [-0.39, 0.29) is 18.1 Å². The monoisotopic (exact) mass is 268 g/mol. The molecule has 1 aromatic rings. The SMILES string of the molecule is CC(C)(C)NC(=O)COc1cc(F)cc(CCN)c1. The number of carbonyl (C=O) groups is 1. The standard InChI is InChI=1S/C14H21FN2O2/c1-14(2,3)17-13(18)9-19-12-7-10(4-5-16)6-11(15)8-12/h6-8H,4-5,9,16H2,1-3H3,(H,17,18). The third-order valence-electron chi connectivity index (χ3n) is 2.25. The Bertz CT molecular complexity index is 442. The van der Waals surface area contributed by atoms with E-state index in [9.17, 15) is 9.18 Å². The van der Waals surface area contributed by atoms with Crippen LogP contribution in [0.15, 0.2) is 18.2 Å². The lowest BCUT2D eigenvalue weighted by Crippen LogP contribution is -2.43. The van der Waals surface area contributed by atoms with Crippen molar-refractivity contribution in [1.82, 2.24) is 5.32 Å². The van der Waals surface area contributed by atoms with Gasteiger partial charge in [0.2, 0.25) is 0 Å². The van der Waals surface area contributed by atoms with E-state index >= 15 is 0 Å². The quantitative estimate of drug-likeness (QED) is 0.853. The molecule has 3 N–H and O–H groups in total. The van der Waals surface area contributed by atoms with E-state index in [2.05, 4.69) is 5.32 Å². The highest BCUT2D eigenvalue weighted by Crippen LogP contribution is 2.16. The van der Waals surface area contributed by atoms with Gasteiger partial charge < -0.3 is 15.8 Å². The van der Waals surface area contributed by atoms with Gasteiger partial charge in [-0.1, -0.05) is 0 Å². The van der Waals surface area contributed by atoms with E-state index in [1.807, 2.05) is 20.8 Å². The maximum atomic E-state index is 13.3. The van der Waals surface area contributed by atoms with Crippen molar-refractivity contribution in [2.24, 2.45) is 5.73 Å². The number of nitrogens with one attached hydrogen (secondary N) is 1. The minimum absolute atomic E-state index is 0.136. The Morgan fingerprint density at radius 1 is 1.37 bits per heavy atom. The van der Waals surface area contributed by atoms with Gasteiger partial charge in [-0.3, -0.25) is 4.79 Å². The molecular weight excluding hydrogens is 247 g/mol. The van der Waals surface area contributed by atoms with E-state index in [1.165, 1.54) is 12.1 Å². The molecule has 1 rings (SSSR count). The van der Waals surface area contributed by atoms with Crippen molar-refractivity contribution in [1.29, 1.82) is 0 Å². The first-order valence-electron chi connectivity index (χ1n) is 6.23. The summed E-state index contributed by atoms with van der Waals surface area (Å²) in [6.07, 6.45) is 0.572. The molecule has 0 aliphatic heterocycles. The van der Waals surface area contributed by atoms with Gasteiger partial charge in [0.15, 0.2) is 6.61 Å². The number of rotatable bonds is 5. The molecule has 0 saturated carbocycles. The second kappa shape index (κ2) is 6.52. The first-order valence-corrected chi connectivity index (χ1v) is 6.23. The van der Waals surface area contributed by atoms with Crippen LogP contribution in [0.4, 0.5) is 4.39 Å². The number of ether oxygens (including phenoxy) is 1. The van der Waals surface area contributed by atoms with E-state index in [0.29, 0.717) is 18.7 Å². The minimum Gasteiger partial charge on any atom is -0.484 e. The third-order valence-corrected chi connectivity index (χ3v) is 2.25. The highest BCUT2D eigenvalue weighted by Gasteiger charge is 2.14. The van der Waals surface area contributed by atoms with Gasteiger partial charge in [-0.05, 0) is 51.4 Å². The molecule has 1 amide bonds.